The molecular weight excluding hydrogens is 332 g/mol. The van der Waals surface area contributed by atoms with Crippen molar-refractivity contribution < 1.29 is 14.3 Å². The van der Waals surface area contributed by atoms with Crippen LogP contribution in [0.5, 0.6) is 11.5 Å². The summed E-state index contributed by atoms with van der Waals surface area (Å²) in [6.07, 6.45) is 4.58. The zero-order chi connectivity index (χ0) is 18.5. The molecule has 7 nitrogen and oxygen atoms in total. The Kier molecular flexibility index (Phi) is 5.78. The number of nitrogens with one attached hydrogen (secondary N) is 2. The number of carbonyl (C=O) groups excluding carboxylic acids is 1. The van der Waals surface area contributed by atoms with E-state index >= 15 is 0 Å². The van der Waals surface area contributed by atoms with Crippen LogP contribution in [0.3, 0.4) is 0 Å². The number of methoxy groups -OCH3 is 2. The van der Waals surface area contributed by atoms with Crippen LogP contribution in [0.2, 0.25) is 0 Å². The van der Waals surface area contributed by atoms with Gasteiger partial charge in [-0.15, -0.1) is 0 Å². The Morgan fingerprint density at radius 2 is 2.12 bits per heavy atom. The van der Waals surface area contributed by atoms with E-state index in [1.54, 1.807) is 18.9 Å². The van der Waals surface area contributed by atoms with E-state index in [0.717, 1.165) is 24.1 Å². The first kappa shape index (κ1) is 18.3. The topological polar surface area (TPSA) is 77.4 Å². The fourth-order valence-electron chi connectivity index (χ4n) is 3.43. The summed E-state index contributed by atoms with van der Waals surface area (Å²) < 4.78 is 12.3. The summed E-state index contributed by atoms with van der Waals surface area (Å²) in [5, 5.41) is 10.6. The van der Waals surface area contributed by atoms with E-state index in [0.29, 0.717) is 24.6 Å². The molecule has 1 saturated heterocycles. The molecule has 3 rings (SSSR count). The van der Waals surface area contributed by atoms with Gasteiger partial charge in [0.05, 0.1) is 26.3 Å². The van der Waals surface area contributed by atoms with Gasteiger partial charge in [-0.1, -0.05) is 6.07 Å². The van der Waals surface area contributed by atoms with Gasteiger partial charge in [-0.25, -0.2) is 0 Å². The Balaban J connectivity index is 1.55. The SMILES string of the molecule is COc1ccc(CCNC(=O)[C@H]2CNC[C@@H]2c2cnn(C)c2)cc1OC. The third-order valence-corrected chi connectivity index (χ3v) is 4.86. The van der Waals surface area contributed by atoms with Crippen LogP contribution in [-0.2, 0) is 18.3 Å². The van der Waals surface area contributed by atoms with Gasteiger partial charge in [0.2, 0.25) is 5.91 Å². The van der Waals surface area contributed by atoms with Crippen LogP contribution in [0, 0.1) is 5.92 Å². The smallest absolute Gasteiger partial charge is 0.225 e. The normalized spacial score (nSPS) is 19.3. The monoisotopic (exact) mass is 358 g/mol. The van der Waals surface area contributed by atoms with Gasteiger partial charge in [0.25, 0.3) is 0 Å². The molecule has 2 heterocycles. The van der Waals surface area contributed by atoms with Gasteiger partial charge in [-0.3, -0.25) is 9.48 Å². The molecule has 2 atom stereocenters. The number of benzene rings is 1. The molecule has 1 aromatic heterocycles. The van der Waals surface area contributed by atoms with E-state index in [-0.39, 0.29) is 17.7 Å². The number of aryl methyl sites for hydroxylation is 1. The van der Waals surface area contributed by atoms with Gasteiger partial charge >= 0.3 is 0 Å². The molecule has 7 heteroatoms. The summed E-state index contributed by atoms with van der Waals surface area (Å²) in [5.74, 6) is 1.60. The first-order valence-electron chi connectivity index (χ1n) is 8.80. The highest BCUT2D eigenvalue weighted by Gasteiger charge is 2.34. The molecule has 26 heavy (non-hydrogen) atoms. The summed E-state index contributed by atoms with van der Waals surface area (Å²) in [6, 6.07) is 5.82. The van der Waals surface area contributed by atoms with E-state index in [1.807, 2.05) is 37.6 Å². The molecule has 0 radical (unpaired) electrons. The zero-order valence-electron chi connectivity index (χ0n) is 15.5. The average Bonchev–Trinajstić information content (AvgIpc) is 3.30. The molecular formula is C19H26N4O3. The second kappa shape index (κ2) is 8.23. The second-order valence-corrected chi connectivity index (χ2v) is 6.55. The Hall–Kier alpha value is -2.54. The van der Waals surface area contributed by atoms with Gasteiger partial charge in [-0.2, -0.15) is 5.10 Å². The van der Waals surface area contributed by atoms with Crippen LogP contribution in [0.25, 0.3) is 0 Å². The zero-order valence-corrected chi connectivity index (χ0v) is 15.5. The molecule has 1 fully saturated rings. The van der Waals surface area contributed by atoms with E-state index < -0.39 is 0 Å². The van der Waals surface area contributed by atoms with Crippen molar-refractivity contribution in [1.29, 1.82) is 0 Å². The van der Waals surface area contributed by atoms with Crippen LogP contribution < -0.4 is 20.1 Å². The summed E-state index contributed by atoms with van der Waals surface area (Å²) in [5.41, 5.74) is 2.20. The van der Waals surface area contributed by atoms with Gasteiger partial charge in [-0.05, 0) is 29.7 Å². The highest BCUT2D eigenvalue weighted by molar-refractivity contribution is 5.80. The van der Waals surface area contributed by atoms with Crippen LogP contribution in [0.1, 0.15) is 17.0 Å². The molecule has 0 bridgehead atoms. The maximum absolute atomic E-state index is 12.6. The Morgan fingerprint density at radius 3 is 2.81 bits per heavy atom. The van der Waals surface area contributed by atoms with Crippen LogP contribution in [-0.4, -0.2) is 49.5 Å². The first-order valence-corrected chi connectivity index (χ1v) is 8.80. The average molecular weight is 358 g/mol. The predicted octanol–water partition coefficient (Wildman–Crippen LogP) is 1.10. The number of hydrogen-bond donors (Lipinski definition) is 2. The van der Waals surface area contributed by atoms with Gasteiger partial charge in [0.15, 0.2) is 11.5 Å². The molecule has 1 aromatic carbocycles. The molecule has 1 amide bonds. The lowest BCUT2D eigenvalue weighted by Crippen LogP contribution is -2.35. The van der Waals surface area contributed by atoms with Crippen molar-refractivity contribution in [2.45, 2.75) is 12.3 Å². The highest BCUT2D eigenvalue weighted by atomic mass is 16.5. The maximum Gasteiger partial charge on any atom is 0.225 e. The number of amides is 1. The summed E-state index contributed by atoms with van der Waals surface area (Å²) in [7, 11) is 5.13. The highest BCUT2D eigenvalue weighted by Crippen LogP contribution is 2.29. The van der Waals surface area contributed by atoms with E-state index in [9.17, 15) is 4.79 Å². The van der Waals surface area contributed by atoms with E-state index in [4.69, 9.17) is 9.47 Å². The maximum atomic E-state index is 12.6. The lowest BCUT2D eigenvalue weighted by atomic mass is 9.90. The van der Waals surface area contributed by atoms with E-state index in [2.05, 4.69) is 15.7 Å². The molecule has 140 valence electrons. The number of nitrogens with zero attached hydrogens (tertiary/aromatic N) is 2. The van der Waals surface area contributed by atoms with Crippen molar-refractivity contribution in [3.8, 4) is 11.5 Å². The molecule has 0 aliphatic carbocycles. The van der Waals surface area contributed by atoms with Crippen molar-refractivity contribution in [2.75, 3.05) is 33.9 Å². The third kappa shape index (κ3) is 3.99. The van der Waals surface area contributed by atoms with Gasteiger partial charge in [0, 0.05) is 38.8 Å². The van der Waals surface area contributed by atoms with E-state index in [1.165, 1.54) is 0 Å². The van der Waals surface area contributed by atoms with Gasteiger partial charge in [0.1, 0.15) is 0 Å². The Bertz CT molecular complexity index is 759. The number of ether oxygens (including phenoxy) is 2. The molecule has 2 N–H and O–H groups in total. The summed E-state index contributed by atoms with van der Waals surface area (Å²) in [4.78, 5) is 12.6. The van der Waals surface area contributed by atoms with Crippen molar-refractivity contribution in [3.05, 3.63) is 41.7 Å². The summed E-state index contributed by atoms with van der Waals surface area (Å²) in [6.45, 7) is 2.09. The van der Waals surface area contributed by atoms with Crippen LogP contribution in [0.4, 0.5) is 0 Å². The molecule has 2 aromatic rings. The minimum absolute atomic E-state index is 0.0652. The molecule has 1 aliphatic heterocycles. The number of rotatable bonds is 7. The molecule has 0 unspecified atom stereocenters. The van der Waals surface area contributed by atoms with Crippen LogP contribution in [0.15, 0.2) is 30.6 Å². The van der Waals surface area contributed by atoms with Crippen molar-refractivity contribution >= 4 is 5.91 Å². The quantitative estimate of drug-likeness (QED) is 0.775. The standard InChI is InChI=1S/C19H26N4O3/c1-23-12-14(9-22-23)15-10-20-11-16(15)19(24)21-7-6-13-4-5-17(25-2)18(8-13)26-3/h4-5,8-9,12,15-16,20H,6-7,10-11H2,1-3H3,(H,21,24)/t15-,16+/m1/s1. The Morgan fingerprint density at radius 1 is 1.31 bits per heavy atom. The molecule has 1 aliphatic rings. The van der Waals surface area contributed by atoms with Crippen molar-refractivity contribution in [1.82, 2.24) is 20.4 Å². The Labute approximate surface area is 153 Å². The third-order valence-electron chi connectivity index (χ3n) is 4.86. The van der Waals surface area contributed by atoms with Crippen molar-refractivity contribution in [3.63, 3.8) is 0 Å². The van der Waals surface area contributed by atoms with Gasteiger partial charge < -0.3 is 20.1 Å². The second-order valence-electron chi connectivity index (χ2n) is 6.55. The molecule has 0 saturated carbocycles. The first-order chi connectivity index (χ1) is 12.6. The predicted molar refractivity (Wildman–Crippen MR) is 98.6 cm³/mol. The number of aromatic nitrogens is 2. The largest absolute Gasteiger partial charge is 0.493 e. The fourth-order valence-corrected chi connectivity index (χ4v) is 3.43. The minimum Gasteiger partial charge on any atom is -0.493 e. The fraction of sp³-hybridized carbons (Fsp3) is 0.474. The number of hydrogen-bond acceptors (Lipinski definition) is 5. The lowest BCUT2D eigenvalue weighted by molar-refractivity contribution is -0.124. The lowest BCUT2D eigenvalue weighted by Gasteiger charge is -2.17. The minimum atomic E-state index is -0.0652. The summed E-state index contributed by atoms with van der Waals surface area (Å²) >= 11 is 0. The van der Waals surface area contributed by atoms with Crippen LogP contribution >= 0.6 is 0 Å². The molecule has 0 spiro atoms. The van der Waals surface area contributed by atoms with Crippen molar-refractivity contribution in [2.24, 2.45) is 13.0 Å². The number of carbonyl (C=O) groups is 1.